The zero-order valence-corrected chi connectivity index (χ0v) is 20.9. The number of furan rings is 1. The molecule has 2 aromatic carbocycles. The van der Waals surface area contributed by atoms with Crippen LogP contribution in [0.3, 0.4) is 0 Å². The van der Waals surface area contributed by atoms with Crippen molar-refractivity contribution < 1.29 is 23.5 Å². The molecule has 0 saturated heterocycles. The van der Waals surface area contributed by atoms with Gasteiger partial charge in [-0.25, -0.2) is 4.79 Å². The van der Waals surface area contributed by atoms with Crippen LogP contribution in [0, 0.1) is 11.3 Å². The maximum Gasteiger partial charge on any atom is 0.338 e. The first-order valence-electron chi connectivity index (χ1n) is 11.9. The van der Waals surface area contributed by atoms with E-state index in [0.717, 1.165) is 16.0 Å². The summed E-state index contributed by atoms with van der Waals surface area (Å²) in [6.45, 7) is 5.33. The number of benzene rings is 2. The Kier molecular flexibility index (Phi) is 7.49. The van der Waals surface area contributed by atoms with Crippen molar-refractivity contribution in [1.82, 2.24) is 4.90 Å². The van der Waals surface area contributed by atoms with Crippen LogP contribution in [0.25, 0.3) is 17.4 Å². The number of nitriles is 1. The van der Waals surface area contributed by atoms with Crippen molar-refractivity contribution >= 4 is 23.9 Å². The van der Waals surface area contributed by atoms with Gasteiger partial charge in [-0.05, 0) is 68.7 Å². The Labute approximate surface area is 215 Å². The Morgan fingerprint density at radius 2 is 1.73 bits per heavy atom. The first kappa shape index (κ1) is 25.4. The van der Waals surface area contributed by atoms with Crippen LogP contribution in [0.1, 0.15) is 42.5 Å². The van der Waals surface area contributed by atoms with E-state index in [0.29, 0.717) is 29.1 Å². The highest BCUT2D eigenvalue weighted by molar-refractivity contribution is 6.19. The summed E-state index contributed by atoms with van der Waals surface area (Å²) in [6.07, 6.45) is 1.82. The molecule has 1 aliphatic heterocycles. The number of carbonyl (C=O) groups excluding carboxylic acids is 3. The third-order valence-electron chi connectivity index (χ3n) is 5.95. The molecule has 0 radical (unpaired) electrons. The second-order valence-corrected chi connectivity index (χ2v) is 8.90. The van der Waals surface area contributed by atoms with E-state index in [1.165, 1.54) is 0 Å². The fraction of sp³-hybridized carbons (Fsp3) is 0.200. The number of carbonyl (C=O) groups is 3. The minimum Gasteiger partial charge on any atom is -0.459 e. The first-order chi connectivity index (χ1) is 17.8. The Bertz CT molecular complexity index is 1440. The van der Waals surface area contributed by atoms with Crippen LogP contribution in [0.2, 0.25) is 0 Å². The molecule has 2 heterocycles. The van der Waals surface area contributed by atoms with E-state index in [1.54, 1.807) is 63.2 Å². The Morgan fingerprint density at radius 1 is 1.03 bits per heavy atom. The Morgan fingerprint density at radius 3 is 2.38 bits per heavy atom. The van der Waals surface area contributed by atoms with Gasteiger partial charge in [-0.1, -0.05) is 42.5 Å². The minimum atomic E-state index is -0.589. The molecule has 0 bridgehead atoms. The van der Waals surface area contributed by atoms with Crippen molar-refractivity contribution in [3.63, 3.8) is 0 Å². The maximum atomic E-state index is 13.3. The maximum absolute atomic E-state index is 13.3. The number of amides is 2. The van der Waals surface area contributed by atoms with E-state index in [2.05, 4.69) is 0 Å². The molecular formula is C30H26N2O5. The molecule has 0 atom stereocenters. The van der Waals surface area contributed by atoms with Gasteiger partial charge < -0.3 is 9.15 Å². The van der Waals surface area contributed by atoms with Gasteiger partial charge >= 0.3 is 5.97 Å². The molecule has 2 amide bonds. The van der Waals surface area contributed by atoms with Crippen LogP contribution in [-0.4, -0.2) is 35.3 Å². The van der Waals surface area contributed by atoms with Crippen LogP contribution in [0.5, 0.6) is 0 Å². The van der Waals surface area contributed by atoms with Gasteiger partial charge in [0.05, 0.1) is 11.7 Å². The van der Waals surface area contributed by atoms with E-state index in [-0.39, 0.29) is 23.8 Å². The van der Waals surface area contributed by atoms with Crippen LogP contribution < -0.4 is 0 Å². The summed E-state index contributed by atoms with van der Waals surface area (Å²) < 4.78 is 11.2. The van der Waals surface area contributed by atoms with Crippen LogP contribution >= 0.6 is 0 Å². The van der Waals surface area contributed by atoms with Gasteiger partial charge in [-0.2, -0.15) is 5.26 Å². The number of rotatable bonds is 7. The molecule has 186 valence electrons. The molecule has 0 fully saturated rings. The number of hydrogen-bond acceptors (Lipinski definition) is 6. The molecule has 0 spiro atoms. The molecule has 0 saturated carbocycles. The van der Waals surface area contributed by atoms with Gasteiger partial charge in [-0.15, -0.1) is 0 Å². The van der Waals surface area contributed by atoms with Crippen molar-refractivity contribution in [2.75, 3.05) is 6.54 Å². The van der Waals surface area contributed by atoms with E-state index < -0.39 is 17.8 Å². The largest absolute Gasteiger partial charge is 0.459 e. The van der Waals surface area contributed by atoms with Gasteiger partial charge in [-0.3, -0.25) is 14.5 Å². The lowest BCUT2D eigenvalue weighted by atomic mass is 9.94. The molecule has 0 aliphatic carbocycles. The zero-order valence-electron chi connectivity index (χ0n) is 20.9. The third kappa shape index (κ3) is 5.60. The topological polar surface area (TPSA) is 101 Å². The van der Waals surface area contributed by atoms with Crippen LogP contribution in [0.15, 0.2) is 87.9 Å². The molecule has 37 heavy (non-hydrogen) atoms. The second-order valence-electron chi connectivity index (χ2n) is 8.90. The molecule has 1 aliphatic rings. The number of esters is 1. The molecule has 0 N–H and O–H groups in total. The quantitative estimate of drug-likeness (QED) is 0.249. The Balaban J connectivity index is 1.58. The standard InChI is InChI=1S/C30H26N2O5/c1-19(2)36-30(35)23-11-9-22(10-12-23)27-14-13-24(37-27)17-25-20(3)26(18-31)29(34)32(28(25)33)16-15-21-7-5-4-6-8-21/h4-14,17,19H,15-16H2,1-3H3/b25-17+. The van der Waals surface area contributed by atoms with Gasteiger partial charge in [0.2, 0.25) is 0 Å². The zero-order chi connectivity index (χ0) is 26.5. The van der Waals surface area contributed by atoms with Crippen LogP contribution in [-0.2, 0) is 20.7 Å². The van der Waals surface area contributed by atoms with Gasteiger partial charge in [0, 0.05) is 17.7 Å². The van der Waals surface area contributed by atoms with Gasteiger partial charge in [0.25, 0.3) is 11.8 Å². The predicted molar refractivity (Wildman–Crippen MR) is 138 cm³/mol. The van der Waals surface area contributed by atoms with E-state index in [9.17, 15) is 19.6 Å². The van der Waals surface area contributed by atoms with Crippen molar-refractivity contribution in [3.8, 4) is 17.4 Å². The highest BCUT2D eigenvalue weighted by Gasteiger charge is 2.35. The van der Waals surface area contributed by atoms with E-state index >= 15 is 0 Å². The van der Waals surface area contributed by atoms with Crippen molar-refractivity contribution in [1.29, 1.82) is 5.26 Å². The fourth-order valence-electron chi connectivity index (χ4n) is 4.00. The molecule has 3 aromatic rings. The molecular weight excluding hydrogens is 468 g/mol. The van der Waals surface area contributed by atoms with Crippen molar-refractivity contribution in [2.24, 2.45) is 0 Å². The number of hydrogen-bond donors (Lipinski definition) is 0. The van der Waals surface area contributed by atoms with Crippen molar-refractivity contribution in [3.05, 3.63) is 100 Å². The predicted octanol–water partition coefficient (Wildman–Crippen LogP) is 5.35. The lowest BCUT2D eigenvalue weighted by Crippen LogP contribution is -2.43. The molecule has 7 nitrogen and oxygen atoms in total. The Hall–Kier alpha value is -4.70. The summed E-state index contributed by atoms with van der Waals surface area (Å²) in [4.78, 5) is 39.3. The highest BCUT2D eigenvalue weighted by atomic mass is 16.5. The summed E-state index contributed by atoms with van der Waals surface area (Å²) in [7, 11) is 0. The SMILES string of the molecule is CC1=C(C#N)C(=O)N(CCc2ccccc2)C(=O)/C1=C/c1ccc(-c2ccc(C(=O)OC(C)C)cc2)o1. The smallest absolute Gasteiger partial charge is 0.338 e. The molecule has 0 unspecified atom stereocenters. The molecule has 7 heteroatoms. The van der Waals surface area contributed by atoms with Gasteiger partial charge in [0.1, 0.15) is 23.2 Å². The third-order valence-corrected chi connectivity index (χ3v) is 5.95. The average Bonchev–Trinajstić information content (AvgIpc) is 3.36. The summed E-state index contributed by atoms with van der Waals surface area (Å²) in [5, 5.41) is 9.62. The number of ether oxygens (including phenoxy) is 1. The summed E-state index contributed by atoms with van der Waals surface area (Å²) in [6, 6.07) is 21.8. The average molecular weight is 495 g/mol. The molecule has 4 rings (SSSR count). The second kappa shape index (κ2) is 10.9. The van der Waals surface area contributed by atoms with E-state index in [4.69, 9.17) is 9.15 Å². The summed E-state index contributed by atoms with van der Waals surface area (Å²) >= 11 is 0. The van der Waals surface area contributed by atoms with Crippen LogP contribution in [0.4, 0.5) is 0 Å². The lowest BCUT2D eigenvalue weighted by Gasteiger charge is -2.27. The number of nitrogens with zero attached hydrogens (tertiary/aromatic N) is 2. The summed E-state index contributed by atoms with van der Waals surface area (Å²) in [5.41, 5.74) is 2.65. The normalized spacial score (nSPS) is 14.9. The highest BCUT2D eigenvalue weighted by Crippen LogP contribution is 2.29. The monoisotopic (exact) mass is 494 g/mol. The summed E-state index contributed by atoms with van der Waals surface area (Å²) in [5.74, 6) is -0.518. The van der Waals surface area contributed by atoms with E-state index in [1.807, 2.05) is 36.4 Å². The molecule has 1 aromatic heterocycles. The fourth-order valence-corrected chi connectivity index (χ4v) is 4.00. The van der Waals surface area contributed by atoms with Crippen molar-refractivity contribution in [2.45, 2.75) is 33.3 Å². The minimum absolute atomic E-state index is 0.0606. The lowest BCUT2D eigenvalue weighted by molar-refractivity contribution is -0.140. The van der Waals surface area contributed by atoms with Gasteiger partial charge in [0.15, 0.2) is 0 Å². The first-order valence-corrected chi connectivity index (χ1v) is 11.9. The number of imide groups is 1.